The quantitative estimate of drug-likeness (QED) is 0.486. The molecule has 0 aromatic rings. The molecule has 0 spiro atoms. The minimum atomic E-state index is -0.0441. The molecule has 1 radical (unpaired) electrons. The average Bonchev–Trinajstić information content (AvgIpc) is 2.02. The zero-order valence-electron chi connectivity index (χ0n) is 9.42. The summed E-state index contributed by atoms with van der Waals surface area (Å²) in [6, 6.07) is 0. The summed E-state index contributed by atoms with van der Waals surface area (Å²) in [4.78, 5) is 16.0. The van der Waals surface area contributed by atoms with E-state index in [1.54, 1.807) is 6.21 Å². The van der Waals surface area contributed by atoms with Crippen molar-refractivity contribution in [3.63, 3.8) is 0 Å². The average molecular weight is 190 g/mol. The predicted octanol–water partition coefficient (Wildman–Crippen LogP) is 2.57. The van der Waals surface area contributed by atoms with Crippen LogP contribution in [0.1, 0.15) is 40.5 Å². The van der Waals surface area contributed by atoms with Gasteiger partial charge in [-0.2, -0.15) is 0 Å². The number of nitrogens with zero attached hydrogens (tertiary/aromatic N) is 1. The van der Waals surface area contributed by atoms with Crippen LogP contribution in [0.5, 0.6) is 0 Å². The summed E-state index contributed by atoms with van der Waals surface area (Å²) in [5.41, 5.74) is 2.00. The van der Waals surface area contributed by atoms with E-state index < -0.39 is 0 Å². The van der Waals surface area contributed by atoms with Crippen molar-refractivity contribution in [3.05, 3.63) is 11.3 Å². The summed E-state index contributed by atoms with van der Waals surface area (Å²) < 4.78 is 0. The Labute approximate surface area is 86.7 Å². The van der Waals surface area contributed by atoms with Crippen LogP contribution < -0.4 is 0 Å². The summed E-state index contributed by atoms with van der Waals surface area (Å²) in [7, 11) is 1.82. The van der Waals surface area contributed by atoms with Crippen molar-refractivity contribution in [2.45, 2.75) is 45.9 Å². The van der Waals surface area contributed by atoms with Gasteiger partial charge in [0.05, 0.1) is 0 Å². The molecule has 0 bridgehead atoms. The number of carbonyl (C=O) groups is 1. The first-order valence-corrected chi connectivity index (χ1v) is 5.11. The van der Waals surface area contributed by atoms with Gasteiger partial charge >= 0.3 is 0 Å². The maximum Gasteiger partial charge on any atom is 0.215 e. The molecule has 1 rings (SSSR count). The van der Waals surface area contributed by atoms with Gasteiger partial charge in [0, 0.05) is 17.5 Å². The van der Waals surface area contributed by atoms with E-state index in [9.17, 15) is 4.79 Å². The van der Waals surface area contributed by atoms with Crippen molar-refractivity contribution >= 4 is 19.2 Å². The highest BCUT2D eigenvalue weighted by atomic mass is 16.1. The molecule has 0 aromatic carbocycles. The van der Waals surface area contributed by atoms with Gasteiger partial charge in [0.15, 0.2) is 0 Å². The molecule has 1 aliphatic rings. The molecule has 1 aliphatic heterocycles. The van der Waals surface area contributed by atoms with E-state index in [0.29, 0.717) is 0 Å². The van der Waals surface area contributed by atoms with Gasteiger partial charge in [-0.15, -0.1) is 0 Å². The van der Waals surface area contributed by atoms with Crippen LogP contribution in [0.25, 0.3) is 0 Å². The number of aliphatic imine (C=N–C) groups is 1. The van der Waals surface area contributed by atoms with E-state index in [1.807, 2.05) is 21.1 Å². The molecule has 1 heterocycles. The summed E-state index contributed by atoms with van der Waals surface area (Å²) in [6.45, 7) is 8.03. The number of hydrogen-bond acceptors (Lipinski definition) is 2. The van der Waals surface area contributed by atoms with Crippen LogP contribution in [0, 0.1) is 0 Å². The molecule has 0 saturated heterocycles. The SMILES string of the molecule is CC=NC1=C(CC)C(=O)[B]C(C)(C)C1. The monoisotopic (exact) mass is 190 g/mol. The molecule has 0 atom stereocenters. The topological polar surface area (TPSA) is 29.4 Å². The Hall–Kier alpha value is -0.855. The highest BCUT2D eigenvalue weighted by Gasteiger charge is 2.33. The second-order valence-corrected chi connectivity index (χ2v) is 4.34. The zero-order chi connectivity index (χ0) is 10.8. The fourth-order valence-electron chi connectivity index (χ4n) is 1.83. The number of allylic oxidation sites excluding steroid dienone is 2. The summed E-state index contributed by atoms with van der Waals surface area (Å²) in [5, 5.41) is -0.0441. The van der Waals surface area contributed by atoms with E-state index in [1.165, 1.54) is 0 Å². The Morgan fingerprint density at radius 1 is 1.57 bits per heavy atom. The van der Waals surface area contributed by atoms with Gasteiger partial charge in [-0.05, 0) is 25.1 Å². The fraction of sp³-hybridized carbons (Fsp3) is 0.636. The minimum Gasteiger partial charge on any atom is -0.307 e. The molecule has 2 nitrogen and oxygen atoms in total. The Balaban J connectivity index is 3.08. The minimum absolute atomic E-state index is 0.0441. The first-order chi connectivity index (χ1) is 6.50. The highest BCUT2D eigenvalue weighted by molar-refractivity contribution is 6.79. The third kappa shape index (κ3) is 2.34. The van der Waals surface area contributed by atoms with Gasteiger partial charge in [-0.3, -0.25) is 4.99 Å². The van der Waals surface area contributed by atoms with Crippen LogP contribution in [0.2, 0.25) is 5.31 Å². The standard InChI is InChI=1S/C11H17BNO/c1-5-8-9(13-6-2)7-11(3,4)12-10(8)14/h6H,5,7H2,1-4H3. The third-order valence-electron chi connectivity index (χ3n) is 2.43. The van der Waals surface area contributed by atoms with E-state index in [4.69, 9.17) is 0 Å². The molecule has 14 heavy (non-hydrogen) atoms. The Kier molecular flexibility index (Phi) is 3.30. The van der Waals surface area contributed by atoms with Crippen molar-refractivity contribution in [2.75, 3.05) is 0 Å². The molecule has 75 valence electrons. The second kappa shape index (κ2) is 4.12. The van der Waals surface area contributed by atoms with Crippen LogP contribution >= 0.6 is 0 Å². The van der Waals surface area contributed by atoms with Crippen LogP contribution in [0.3, 0.4) is 0 Å². The van der Waals surface area contributed by atoms with Gasteiger partial charge in [0.25, 0.3) is 0 Å². The first-order valence-electron chi connectivity index (χ1n) is 5.11. The third-order valence-corrected chi connectivity index (χ3v) is 2.43. The predicted molar refractivity (Wildman–Crippen MR) is 60.9 cm³/mol. The smallest absolute Gasteiger partial charge is 0.215 e. The lowest BCUT2D eigenvalue weighted by molar-refractivity contribution is -0.109. The highest BCUT2D eigenvalue weighted by Crippen LogP contribution is 2.38. The second-order valence-electron chi connectivity index (χ2n) is 4.34. The first kappa shape index (κ1) is 11.2. The van der Waals surface area contributed by atoms with E-state index in [-0.39, 0.29) is 11.0 Å². The van der Waals surface area contributed by atoms with Gasteiger partial charge in [-0.25, -0.2) is 0 Å². The maximum atomic E-state index is 11.7. The summed E-state index contributed by atoms with van der Waals surface area (Å²) in [5.74, 6) is 0. The number of hydrogen-bond donors (Lipinski definition) is 0. The van der Waals surface area contributed by atoms with Crippen LogP contribution in [-0.4, -0.2) is 19.2 Å². The fourth-order valence-corrected chi connectivity index (χ4v) is 1.83. The van der Waals surface area contributed by atoms with Crippen molar-refractivity contribution in [1.82, 2.24) is 0 Å². The van der Waals surface area contributed by atoms with Gasteiger partial charge < -0.3 is 4.79 Å². The molecular formula is C11H17BNO. The summed E-state index contributed by atoms with van der Waals surface area (Å²) in [6.07, 6.45) is 3.41. The normalized spacial score (nSPS) is 21.6. The van der Waals surface area contributed by atoms with E-state index in [0.717, 1.165) is 24.1 Å². The maximum absolute atomic E-state index is 11.7. The number of carbonyl (C=O) groups excluding carboxylic acids is 1. The van der Waals surface area contributed by atoms with E-state index >= 15 is 0 Å². The molecule has 3 heteroatoms. The van der Waals surface area contributed by atoms with Gasteiger partial charge in [-0.1, -0.05) is 20.8 Å². The Morgan fingerprint density at radius 2 is 2.21 bits per heavy atom. The Morgan fingerprint density at radius 3 is 2.71 bits per heavy atom. The summed E-state index contributed by atoms with van der Waals surface area (Å²) >= 11 is 0. The molecule has 0 N–H and O–H groups in total. The van der Waals surface area contributed by atoms with Crippen molar-refractivity contribution < 1.29 is 4.79 Å². The van der Waals surface area contributed by atoms with Crippen LogP contribution in [0.4, 0.5) is 0 Å². The molecule has 0 amide bonds. The van der Waals surface area contributed by atoms with Crippen LogP contribution in [0.15, 0.2) is 16.3 Å². The molecule has 0 aromatic heterocycles. The van der Waals surface area contributed by atoms with Crippen molar-refractivity contribution in [3.8, 4) is 0 Å². The van der Waals surface area contributed by atoms with Crippen molar-refractivity contribution in [2.24, 2.45) is 4.99 Å². The Bertz CT molecular complexity index is 302. The molecular weight excluding hydrogens is 173 g/mol. The molecule has 0 saturated carbocycles. The van der Waals surface area contributed by atoms with Crippen molar-refractivity contribution in [1.29, 1.82) is 0 Å². The zero-order valence-corrected chi connectivity index (χ0v) is 9.42. The number of rotatable bonds is 2. The van der Waals surface area contributed by atoms with Gasteiger partial charge in [0.1, 0.15) is 5.68 Å². The van der Waals surface area contributed by atoms with Crippen LogP contribution in [-0.2, 0) is 4.79 Å². The lowest BCUT2D eigenvalue weighted by Crippen LogP contribution is -2.29. The largest absolute Gasteiger partial charge is 0.307 e. The molecule has 0 fully saturated rings. The van der Waals surface area contributed by atoms with E-state index in [2.05, 4.69) is 18.8 Å². The lowest BCUT2D eigenvalue weighted by Gasteiger charge is -2.29. The molecule has 0 aliphatic carbocycles. The lowest BCUT2D eigenvalue weighted by atomic mass is 9.46. The molecule has 0 unspecified atom stereocenters. The van der Waals surface area contributed by atoms with Gasteiger partial charge in [0.2, 0.25) is 7.28 Å².